The zero-order chi connectivity index (χ0) is 41.0. The number of rotatable bonds is 7. The third-order valence-corrected chi connectivity index (χ3v) is 11.2. The Morgan fingerprint density at radius 2 is 1.58 bits per heavy atom. The van der Waals surface area contributed by atoms with Crippen molar-refractivity contribution in [1.82, 2.24) is 15.0 Å². The largest absolute Gasteiger partial charge is 0.500 e. The normalized spacial score (nSPS) is 13.2. The number of benzene rings is 4. The van der Waals surface area contributed by atoms with Crippen LogP contribution in [0.25, 0.3) is 66.5 Å². The van der Waals surface area contributed by atoms with E-state index in [1.54, 1.807) is 42.6 Å². The predicted octanol–water partition coefficient (Wildman–Crippen LogP) is 11.8. The van der Waals surface area contributed by atoms with Crippen LogP contribution in [0.4, 0.5) is 4.39 Å². The van der Waals surface area contributed by atoms with Gasteiger partial charge in [0.25, 0.3) is 0 Å². The monoisotopic (exact) mass is 922 g/mol. The van der Waals surface area contributed by atoms with Crippen molar-refractivity contribution in [3.8, 4) is 22.5 Å². The first-order chi connectivity index (χ1) is 27.6. The molecule has 0 bridgehead atoms. The molecule has 0 N–H and O–H groups in total. The molecule has 0 amide bonds. The van der Waals surface area contributed by atoms with Crippen LogP contribution in [0.15, 0.2) is 130 Å². The van der Waals surface area contributed by atoms with E-state index in [4.69, 9.17) is 14.3 Å². The summed E-state index contributed by atoms with van der Waals surface area (Å²) in [7, 11) is -1.38. The smallest absolute Gasteiger partial charge is 0.141 e. The fourth-order valence-electron chi connectivity index (χ4n) is 6.43. The van der Waals surface area contributed by atoms with Crippen LogP contribution in [-0.4, -0.2) is 23.0 Å². The van der Waals surface area contributed by atoms with Crippen LogP contribution < -0.4 is 5.19 Å². The first-order valence-electron chi connectivity index (χ1n) is 19.9. The molecule has 8 heteroatoms. The van der Waals surface area contributed by atoms with Gasteiger partial charge in [0.15, 0.2) is 0 Å². The topological polar surface area (TPSA) is 65.0 Å². The van der Waals surface area contributed by atoms with Crippen LogP contribution in [0.2, 0.25) is 19.6 Å². The van der Waals surface area contributed by atoms with Gasteiger partial charge in [0.05, 0.1) is 13.7 Å². The second-order valence-corrected chi connectivity index (χ2v) is 19.6. The number of fused-ring (bicyclic) bond motifs is 6. The Morgan fingerprint density at radius 1 is 0.764 bits per heavy atom. The number of hydrogen-bond donors (Lipinski definition) is 0. The van der Waals surface area contributed by atoms with Crippen molar-refractivity contribution >= 4 is 57.3 Å². The number of pyridine rings is 3. The fourth-order valence-corrected chi connectivity index (χ4v) is 7.47. The summed E-state index contributed by atoms with van der Waals surface area (Å²) in [6, 6.07) is 35.6. The van der Waals surface area contributed by atoms with Crippen LogP contribution in [0.3, 0.4) is 0 Å². The predicted molar refractivity (Wildman–Crippen MR) is 220 cm³/mol. The van der Waals surface area contributed by atoms with E-state index in [0.717, 1.165) is 32.8 Å². The van der Waals surface area contributed by atoms with Crippen LogP contribution in [0.5, 0.6) is 0 Å². The first kappa shape index (κ1) is 33.1. The molecule has 5 nitrogen and oxygen atoms in total. The minimum absolute atomic E-state index is 0. The minimum Gasteiger partial charge on any atom is -0.500 e. The van der Waals surface area contributed by atoms with Gasteiger partial charge in [-0.25, -0.2) is 4.39 Å². The Bertz CT molecular complexity index is 2950. The van der Waals surface area contributed by atoms with Crippen LogP contribution in [0, 0.1) is 24.0 Å². The van der Waals surface area contributed by atoms with E-state index in [-0.39, 0.29) is 31.8 Å². The van der Waals surface area contributed by atoms with Crippen molar-refractivity contribution in [2.75, 3.05) is 0 Å². The molecule has 0 aliphatic rings. The van der Waals surface area contributed by atoms with Crippen molar-refractivity contribution in [2.24, 2.45) is 5.92 Å². The maximum Gasteiger partial charge on any atom is 0.141 e. The van der Waals surface area contributed by atoms with Gasteiger partial charge in [0, 0.05) is 61.2 Å². The molecule has 0 aliphatic heterocycles. The van der Waals surface area contributed by atoms with Crippen molar-refractivity contribution in [2.45, 2.75) is 46.2 Å². The summed E-state index contributed by atoms with van der Waals surface area (Å²) < 4.78 is 59.8. The van der Waals surface area contributed by atoms with Gasteiger partial charge in [-0.1, -0.05) is 117 Å². The molecule has 0 saturated carbocycles. The Morgan fingerprint density at radius 3 is 2.35 bits per heavy atom. The number of furan rings is 2. The quantitative estimate of drug-likeness (QED) is 0.118. The van der Waals surface area contributed by atoms with Crippen molar-refractivity contribution in [3.63, 3.8) is 0 Å². The van der Waals surface area contributed by atoms with Crippen molar-refractivity contribution < 1.29 is 38.8 Å². The van der Waals surface area contributed by atoms with Gasteiger partial charge >= 0.3 is 0 Å². The summed E-state index contributed by atoms with van der Waals surface area (Å²) in [4.78, 5) is 13.4. The summed E-state index contributed by atoms with van der Waals surface area (Å²) in [5.41, 5.74) is 6.41. The molecule has 0 fully saturated rings. The standard InChI is InChI=1S/C27H23N2O.C20H17FNOSi.Ir/c1-18(2)13-20-11-12-28-25(15-20)22-16-24-23-10-6-9-21(14-19-7-4-3-5-8-19)26(23)30-27(24)29-17-22;1-24(2,3)14-8-10-18(22-12-14)17-6-4-5-16-15-9-7-13(21)11-19(15)23-20(16)17;/h3-12,15-16,18H,13-14H2,1-2H3;4-5,7-12H,1-3H3;/q2*-1;/i13D2,14D2;;. The molecule has 1 radical (unpaired) electrons. The Labute approximate surface area is 340 Å². The average molecular weight is 922 g/mol. The third kappa shape index (κ3) is 8.08. The average Bonchev–Trinajstić information content (AvgIpc) is 3.78. The summed E-state index contributed by atoms with van der Waals surface area (Å²) in [6.07, 6.45) is 3.28. The molecule has 0 atom stereocenters. The summed E-state index contributed by atoms with van der Waals surface area (Å²) in [5, 5.41) is 4.65. The molecule has 9 rings (SSSR count). The van der Waals surface area contributed by atoms with Gasteiger partial charge in [-0.15, -0.1) is 29.8 Å². The molecule has 5 heterocycles. The second kappa shape index (κ2) is 15.8. The van der Waals surface area contributed by atoms with Crippen molar-refractivity contribution in [1.29, 1.82) is 0 Å². The molecule has 0 saturated heterocycles. The first-order valence-corrected chi connectivity index (χ1v) is 21.4. The van der Waals surface area contributed by atoms with Crippen LogP contribution >= 0.6 is 0 Å². The zero-order valence-corrected chi connectivity index (χ0v) is 34.4. The molecule has 55 heavy (non-hydrogen) atoms. The molecule has 0 aliphatic carbocycles. The molecule has 9 aromatic rings. The summed E-state index contributed by atoms with van der Waals surface area (Å²) >= 11 is 0. The molecular formula is C47H40FIrN3O2Si-2. The Balaban J connectivity index is 0.000000186. The van der Waals surface area contributed by atoms with Gasteiger partial charge < -0.3 is 23.8 Å². The number of aromatic nitrogens is 3. The fraction of sp³-hybridized carbons (Fsp3) is 0.170. The number of hydrogen-bond acceptors (Lipinski definition) is 5. The van der Waals surface area contributed by atoms with E-state index in [0.29, 0.717) is 50.4 Å². The SMILES string of the molecule is C[Si](C)(C)c1ccc(-c2[c-]ccc3c2oc2cc(F)ccc23)nc1.[2H]C([2H])(c1ccccc1)c1cccc2c1oc1n[c-]c(-c3cc(C([2H])([2H])C(C)C)ccn3)cc12.[Ir]. The maximum absolute atomic E-state index is 13.5. The van der Waals surface area contributed by atoms with Gasteiger partial charge in [0.1, 0.15) is 22.7 Å². The summed E-state index contributed by atoms with van der Waals surface area (Å²) in [5.74, 6) is -0.493. The van der Waals surface area contributed by atoms with Crippen LogP contribution in [-0.2, 0) is 32.9 Å². The van der Waals surface area contributed by atoms with Crippen LogP contribution in [0.1, 0.15) is 36.0 Å². The van der Waals surface area contributed by atoms with E-state index >= 15 is 0 Å². The molecule has 0 unspecified atom stereocenters. The Hall–Kier alpha value is -5.27. The van der Waals surface area contributed by atoms with E-state index < -0.39 is 20.8 Å². The third-order valence-electron chi connectivity index (χ3n) is 9.13. The molecule has 5 aromatic heterocycles. The maximum atomic E-state index is 13.5. The van der Waals surface area contributed by atoms with E-state index in [1.165, 1.54) is 17.3 Å². The molecular weight excluding hydrogens is 878 g/mol. The van der Waals surface area contributed by atoms with Gasteiger partial charge in [-0.05, 0) is 69.8 Å². The number of para-hydroxylation sites is 1. The van der Waals surface area contributed by atoms with E-state index in [9.17, 15) is 4.39 Å². The van der Waals surface area contributed by atoms with E-state index in [1.807, 2.05) is 74.6 Å². The zero-order valence-electron chi connectivity index (χ0n) is 35.0. The minimum atomic E-state index is -1.75. The Kier molecular flexibility index (Phi) is 9.53. The molecule has 4 aromatic carbocycles. The van der Waals surface area contributed by atoms with Gasteiger partial charge in [-0.3, -0.25) is 0 Å². The van der Waals surface area contributed by atoms with E-state index in [2.05, 4.69) is 52.9 Å². The van der Waals surface area contributed by atoms with Gasteiger partial charge in [-0.2, -0.15) is 0 Å². The summed E-state index contributed by atoms with van der Waals surface area (Å²) in [6.45, 7) is 10.6. The second-order valence-electron chi connectivity index (χ2n) is 14.5. The van der Waals surface area contributed by atoms with Gasteiger partial charge in [0.2, 0.25) is 0 Å². The number of halogens is 1. The molecule has 277 valence electrons. The number of nitrogens with zero attached hydrogens (tertiary/aromatic N) is 3. The molecule has 0 spiro atoms. The van der Waals surface area contributed by atoms with Crippen molar-refractivity contribution in [3.05, 3.63) is 156 Å².